The molecule has 0 N–H and O–H groups in total. The van der Waals surface area contributed by atoms with Gasteiger partial charge in [-0.15, -0.1) is 0 Å². The Bertz CT molecular complexity index is 419. The van der Waals surface area contributed by atoms with Crippen molar-refractivity contribution in [2.24, 2.45) is 0 Å². The molecule has 118 valence electrons. The van der Waals surface area contributed by atoms with Gasteiger partial charge in [-0.2, -0.15) is 0 Å². The number of ether oxygens (including phenoxy) is 2. The Morgan fingerprint density at radius 2 is 1.52 bits per heavy atom. The third-order valence-electron chi connectivity index (χ3n) is 2.41. The van der Waals surface area contributed by atoms with E-state index in [0.717, 1.165) is 11.6 Å². The Morgan fingerprint density at radius 1 is 1.05 bits per heavy atom. The molecule has 0 saturated heterocycles. The highest BCUT2D eigenvalue weighted by atomic mass is 16.6. The van der Waals surface area contributed by atoms with Crippen LogP contribution in [-0.4, -0.2) is 49.0 Å². The minimum Gasteiger partial charge on any atom is -0.462 e. The molecule has 6 nitrogen and oxygen atoms in total. The molecular formula is C15H23NO5. The fraction of sp³-hybridized carbons (Fsp3) is 0.533. The first kappa shape index (κ1) is 18.9. The van der Waals surface area contributed by atoms with Gasteiger partial charge >= 0.3 is 11.9 Å². The van der Waals surface area contributed by atoms with Crippen LogP contribution in [-0.2, 0) is 23.9 Å². The van der Waals surface area contributed by atoms with Crippen LogP contribution in [0.2, 0.25) is 0 Å². The molecule has 0 aliphatic rings. The Hall–Kier alpha value is -2.11. The van der Waals surface area contributed by atoms with Gasteiger partial charge in [-0.05, 0) is 27.7 Å². The third-order valence-corrected chi connectivity index (χ3v) is 2.41. The number of carbonyl (C=O) groups is 3. The molecule has 0 rings (SSSR count). The first-order chi connectivity index (χ1) is 9.87. The van der Waals surface area contributed by atoms with Crippen molar-refractivity contribution in [1.82, 2.24) is 4.90 Å². The van der Waals surface area contributed by atoms with Crippen LogP contribution in [0.3, 0.4) is 0 Å². The molecule has 0 fully saturated rings. The van der Waals surface area contributed by atoms with Crippen molar-refractivity contribution in [3.63, 3.8) is 0 Å². The molecule has 0 aromatic rings. The summed E-state index contributed by atoms with van der Waals surface area (Å²) in [7, 11) is 0. The lowest BCUT2D eigenvalue weighted by molar-refractivity contribution is -0.147. The number of hydrogen-bond acceptors (Lipinski definition) is 5. The molecule has 0 radical (unpaired) electrons. The number of carbonyl (C=O) groups excluding carboxylic acids is 3. The Balaban J connectivity index is 5.28. The SMILES string of the molecule is C=C(C)CN(CC)C(=O)C=C(C(=O)OCC)C(=O)OCC. The summed E-state index contributed by atoms with van der Waals surface area (Å²) < 4.78 is 9.54. The second-order valence-electron chi connectivity index (χ2n) is 4.31. The van der Waals surface area contributed by atoms with E-state index in [9.17, 15) is 14.4 Å². The molecule has 0 bridgehead atoms. The third kappa shape index (κ3) is 6.74. The van der Waals surface area contributed by atoms with Crippen LogP contribution in [0.15, 0.2) is 23.8 Å². The Kier molecular flexibility index (Phi) is 8.76. The van der Waals surface area contributed by atoms with Gasteiger partial charge in [0.25, 0.3) is 0 Å². The molecular weight excluding hydrogens is 274 g/mol. The van der Waals surface area contributed by atoms with E-state index in [4.69, 9.17) is 9.47 Å². The minimum absolute atomic E-state index is 0.104. The molecule has 0 heterocycles. The highest BCUT2D eigenvalue weighted by Gasteiger charge is 2.23. The number of hydrogen-bond donors (Lipinski definition) is 0. The summed E-state index contributed by atoms with van der Waals surface area (Å²) >= 11 is 0. The Morgan fingerprint density at radius 3 is 1.86 bits per heavy atom. The van der Waals surface area contributed by atoms with Gasteiger partial charge in [0.2, 0.25) is 5.91 Å². The van der Waals surface area contributed by atoms with E-state index >= 15 is 0 Å². The van der Waals surface area contributed by atoms with Crippen LogP contribution in [0.1, 0.15) is 27.7 Å². The summed E-state index contributed by atoms with van der Waals surface area (Å²) in [5, 5.41) is 0. The summed E-state index contributed by atoms with van der Waals surface area (Å²) in [6.45, 7) is 11.5. The molecule has 0 aliphatic carbocycles. The van der Waals surface area contributed by atoms with E-state index in [-0.39, 0.29) is 13.2 Å². The topological polar surface area (TPSA) is 72.9 Å². The largest absolute Gasteiger partial charge is 0.462 e. The lowest BCUT2D eigenvalue weighted by Crippen LogP contribution is -2.32. The van der Waals surface area contributed by atoms with Crippen LogP contribution in [0.5, 0.6) is 0 Å². The monoisotopic (exact) mass is 297 g/mol. The molecule has 0 atom stereocenters. The van der Waals surface area contributed by atoms with Crippen molar-refractivity contribution in [1.29, 1.82) is 0 Å². The van der Waals surface area contributed by atoms with E-state index in [2.05, 4.69) is 6.58 Å². The van der Waals surface area contributed by atoms with Crippen molar-refractivity contribution < 1.29 is 23.9 Å². The maximum Gasteiger partial charge on any atom is 0.345 e. The number of amides is 1. The number of rotatable bonds is 8. The average Bonchev–Trinajstić information content (AvgIpc) is 2.41. The van der Waals surface area contributed by atoms with Gasteiger partial charge < -0.3 is 14.4 Å². The fourth-order valence-electron chi connectivity index (χ4n) is 1.51. The van der Waals surface area contributed by atoms with E-state index < -0.39 is 23.4 Å². The predicted octanol–water partition coefficient (Wildman–Crippen LogP) is 1.46. The molecule has 21 heavy (non-hydrogen) atoms. The van der Waals surface area contributed by atoms with Gasteiger partial charge in [0.1, 0.15) is 5.57 Å². The smallest absolute Gasteiger partial charge is 0.345 e. The number of likely N-dealkylation sites (N-methyl/N-ethyl adjacent to an activating group) is 1. The van der Waals surface area contributed by atoms with Crippen LogP contribution >= 0.6 is 0 Å². The molecule has 0 aromatic carbocycles. The zero-order valence-electron chi connectivity index (χ0n) is 13.1. The van der Waals surface area contributed by atoms with Crippen molar-refractivity contribution in [2.75, 3.05) is 26.3 Å². The molecule has 6 heteroatoms. The number of esters is 2. The van der Waals surface area contributed by atoms with E-state index in [1.165, 1.54) is 4.90 Å². The molecule has 1 amide bonds. The van der Waals surface area contributed by atoms with Gasteiger partial charge in [-0.3, -0.25) is 4.79 Å². The van der Waals surface area contributed by atoms with Gasteiger partial charge in [0.05, 0.1) is 13.2 Å². The highest BCUT2D eigenvalue weighted by Crippen LogP contribution is 2.06. The lowest BCUT2D eigenvalue weighted by Gasteiger charge is -2.19. The molecule has 0 unspecified atom stereocenters. The van der Waals surface area contributed by atoms with Gasteiger partial charge in [0, 0.05) is 19.2 Å². The average molecular weight is 297 g/mol. The highest BCUT2D eigenvalue weighted by molar-refractivity contribution is 6.17. The summed E-state index contributed by atoms with van der Waals surface area (Å²) in [6.07, 6.45) is 0.961. The van der Waals surface area contributed by atoms with E-state index in [1.807, 2.05) is 0 Å². The quantitative estimate of drug-likeness (QED) is 0.223. The normalized spacial score (nSPS) is 9.52. The second kappa shape index (κ2) is 9.74. The standard InChI is InChI=1S/C15H23NO5/c1-6-16(10-11(4)5)13(17)9-12(14(18)20-7-2)15(19)21-8-3/h9H,4,6-8,10H2,1-3,5H3. The zero-order chi connectivity index (χ0) is 16.4. The van der Waals surface area contributed by atoms with Crippen molar-refractivity contribution in [3.8, 4) is 0 Å². The van der Waals surface area contributed by atoms with E-state index in [1.54, 1.807) is 27.7 Å². The van der Waals surface area contributed by atoms with Gasteiger partial charge in [0.15, 0.2) is 0 Å². The maximum atomic E-state index is 12.1. The van der Waals surface area contributed by atoms with Gasteiger partial charge in [-0.1, -0.05) is 12.2 Å². The predicted molar refractivity (Wildman–Crippen MR) is 78.4 cm³/mol. The summed E-state index contributed by atoms with van der Waals surface area (Å²) in [6, 6.07) is 0. The summed E-state index contributed by atoms with van der Waals surface area (Å²) in [5.41, 5.74) is 0.399. The second-order valence-corrected chi connectivity index (χ2v) is 4.31. The van der Waals surface area contributed by atoms with E-state index in [0.29, 0.717) is 13.1 Å². The maximum absolute atomic E-state index is 12.1. The molecule has 0 aromatic heterocycles. The summed E-state index contributed by atoms with van der Waals surface area (Å²) in [5.74, 6) is -2.19. The first-order valence-electron chi connectivity index (χ1n) is 6.86. The lowest BCUT2D eigenvalue weighted by atomic mass is 10.2. The fourth-order valence-corrected chi connectivity index (χ4v) is 1.51. The van der Waals surface area contributed by atoms with Crippen molar-refractivity contribution in [3.05, 3.63) is 23.8 Å². The number of nitrogens with zero attached hydrogens (tertiary/aromatic N) is 1. The van der Waals surface area contributed by atoms with Gasteiger partial charge in [-0.25, -0.2) is 9.59 Å². The zero-order valence-corrected chi connectivity index (χ0v) is 13.1. The minimum atomic E-state index is -0.865. The molecule has 0 saturated carbocycles. The van der Waals surface area contributed by atoms with Crippen LogP contribution in [0, 0.1) is 0 Å². The van der Waals surface area contributed by atoms with Crippen molar-refractivity contribution in [2.45, 2.75) is 27.7 Å². The Labute approximate surface area is 125 Å². The van der Waals surface area contributed by atoms with Crippen LogP contribution in [0.25, 0.3) is 0 Å². The molecule has 0 spiro atoms. The van der Waals surface area contributed by atoms with Crippen LogP contribution < -0.4 is 0 Å². The van der Waals surface area contributed by atoms with Crippen LogP contribution in [0.4, 0.5) is 0 Å². The molecule has 0 aliphatic heterocycles. The first-order valence-corrected chi connectivity index (χ1v) is 6.86. The summed E-state index contributed by atoms with van der Waals surface area (Å²) in [4.78, 5) is 37.1. The van der Waals surface area contributed by atoms with Crippen molar-refractivity contribution >= 4 is 17.8 Å².